The van der Waals surface area contributed by atoms with Gasteiger partial charge in [0.25, 0.3) is 0 Å². The number of aryl methyl sites for hydroxylation is 1. The number of allylic oxidation sites excluding steroid dienone is 5. The van der Waals surface area contributed by atoms with Crippen molar-refractivity contribution in [1.82, 2.24) is 0 Å². The van der Waals surface area contributed by atoms with Crippen molar-refractivity contribution in [3.05, 3.63) is 64.8 Å². The van der Waals surface area contributed by atoms with Gasteiger partial charge < -0.3 is 4.74 Å². The minimum Gasteiger partial charge on any atom is -0.466 e. The molecule has 1 aromatic rings. The van der Waals surface area contributed by atoms with Crippen LogP contribution in [-0.4, -0.2) is 13.1 Å². The van der Waals surface area contributed by atoms with E-state index in [4.69, 9.17) is 0 Å². The smallest absolute Gasteiger partial charge is 0.330 e. The summed E-state index contributed by atoms with van der Waals surface area (Å²) in [7, 11) is 1.39. The highest BCUT2D eigenvalue weighted by atomic mass is 16.5. The quantitative estimate of drug-likeness (QED) is 0.422. The van der Waals surface area contributed by atoms with Crippen LogP contribution < -0.4 is 0 Å². The molecular formula is C22H28O2. The van der Waals surface area contributed by atoms with Crippen LogP contribution in [0.2, 0.25) is 0 Å². The number of fused-ring (bicyclic) bond motifs is 1. The fraction of sp³-hybridized carbons (Fsp3) is 0.409. The van der Waals surface area contributed by atoms with Crippen LogP contribution in [0.15, 0.2) is 48.1 Å². The molecule has 0 N–H and O–H groups in total. The number of carbonyl (C=O) groups excluding carboxylic acids is 1. The molecule has 2 rings (SSSR count). The highest BCUT2D eigenvalue weighted by molar-refractivity contribution is 5.83. The Hall–Kier alpha value is -2.09. The normalized spacial score (nSPS) is 17.7. The largest absolute Gasteiger partial charge is 0.466 e. The van der Waals surface area contributed by atoms with E-state index < -0.39 is 0 Å². The van der Waals surface area contributed by atoms with Gasteiger partial charge in [-0.3, -0.25) is 0 Å². The first-order valence-electron chi connectivity index (χ1n) is 8.58. The van der Waals surface area contributed by atoms with E-state index in [1.165, 1.54) is 54.7 Å². The monoisotopic (exact) mass is 324 g/mol. The average molecular weight is 324 g/mol. The fourth-order valence-corrected chi connectivity index (χ4v) is 3.26. The molecule has 0 radical (unpaired) electrons. The highest BCUT2D eigenvalue weighted by Crippen LogP contribution is 2.37. The van der Waals surface area contributed by atoms with Crippen molar-refractivity contribution in [2.45, 2.75) is 52.4 Å². The summed E-state index contributed by atoms with van der Waals surface area (Å²) in [4.78, 5) is 11.2. The summed E-state index contributed by atoms with van der Waals surface area (Å²) in [6.07, 6.45) is 11.2. The van der Waals surface area contributed by atoms with Crippen molar-refractivity contribution in [2.75, 3.05) is 7.11 Å². The number of hydrogen-bond acceptors (Lipinski definition) is 2. The Morgan fingerprint density at radius 1 is 1.25 bits per heavy atom. The molecule has 1 aliphatic carbocycles. The third-order valence-electron chi connectivity index (χ3n) is 4.79. The maximum atomic E-state index is 11.2. The second-order valence-corrected chi connectivity index (χ2v) is 7.23. The Morgan fingerprint density at radius 2 is 2.00 bits per heavy atom. The Morgan fingerprint density at radius 3 is 2.71 bits per heavy atom. The second kappa shape index (κ2) is 7.65. The Labute approximate surface area is 145 Å². The third-order valence-corrected chi connectivity index (χ3v) is 4.79. The number of methoxy groups -OCH3 is 1. The van der Waals surface area contributed by atoms with E-state index in [1.807, 2.05) is 19.1 Å². The van der Waals surface area contributed by atoms with Crippen molar-refractivity contribution < 1.29 is 9.53 Å². The minimum atomic E-state index is -0.324. The molecule has 2 heteroatoms. The predicted octanol–water partition coefficient (Wildman–Crippen LogP) is 5.38. The van der Waals surface area contributed by atoms with Crippen LogP contribution in [-0.2, 0) is 21.4 Å². The van der Waals surface area contributed by atoms with Gasteiger partial charge in [0.15, 0.2) is 0 Å². The van der Waals surface area contributed by atoms with Crippen LogP contribution in [0.5, 0.6) is 0 Å². The molecule has 1 aliphatic rings. The number of carbonyl (C=O) groups is 1. The first kappa shape index (κ1) is 18.3. The summed E-state index contributed by atoms with van der Waals surface area (Å²) in [6.45, 7) is 8.70. The molecule has 128 valence electrons. The van der Waals surface area contributed by atoms with E-state index >= 15 is 0 Å². The van der Waals surface area contributed by atoms with Crippen molar-refractivity contribution in [3.63, 3.8) is 0 Å². The Bertz CT molecular complexity index is 703. The van der Waals surface area contributed by atoms with Gasteiger partial charge in [-0.05, 0) is 66.4 Å². The minimum absolute atomic E-state index is 0.263. The topological polar surface area (TPSA) is 26.3 Å². The van der Waals surface area contributed by atoms with Gasteiger partial charge in [-0.2, -0.15) is 0 Å². The van der Waals surface area contributed by atoms with E-state index in [0.717, 1.165) is 5.57 Å². The van der Waals surface area contributed by atoms with Gasteiger partial charge in [-0.1, -0.05) is 50.3 Å². The summed E-state index contributed by atoms with van der Waals surface area (Å²) in [5, 5.41) is 0. The molecule has 1 aromatic carbocycles. The molecule has 0 aromatic heterocycles. The molecule has 0 spiro atoms. The van der Waals surface area contributed by atoms with Crippen molar-refractivity contribution in [1.29, 1.82) is 0 Å². The SMILES string of the molecule is COC(=O)/C=C(C)/C=C/C=C(\C)c1ccc2c(c1)C(C)(C)CCC2. The lowest BCUT2D eigenvalue weighted by Crippen LogP contribution is -2.23. The number of rotatable bonds is 4. The van der Waals surface area contributed by atoms with Gasteiger partial charge in [-0.25, -0.2) is 4.79 Å². The molecule has 0 saturated heterocycles. The lowest BCUT2D eigenvalue weighted by molar-refractivity contribution is -0.134. The number of benzene rings is 1. The Kier molecular flexibility index (Phi) is 5.82. The van der Waals surface area contributed by atoms with Crippen molar-refractivity contribution in [3.8, 4) is 0 Å². The summed E-state index contributed by atoms with van der Waals surface area (Å²) < 4.78 is 4.63. The lowest BCUT2D eigenvalue weighted by atomic mass is 9.72. The number of hydrogen-bond donors (Lipinski definition) is 0. The van der Waals surface area contributed by atoms with Gasteiger partial charge in [0.1, 0.15) is 0 Å². The summed E-state index contributed by atoms with van der Waals surface area (Å²) >= 11 is 0. The van der Waals surface area contributed by atoms with Crippen molar-refractivity contribution in [2.24, 2.45) is 0 Å². The zero-order valence-corrected chi connectivity index (χ0v) is 15.5. The molecule has 0 aliphatic heterocycles. The molecule has 24 heavy (non-hydrogen) atoms. The number of ether oxygens (including phenoxy) is 1. The lowest BCUT2D eigenvalue weighted by Gasteiger charge is -2.33. The molecule has 2 nitrogen and oxygen atoms in total. The highest BCUT2D eigenvalue weighted by Gasteiger charge is 2.27. The first-order valence-corrected chi connectivity index (χ1v) is 8.58. The molecule has 0 atom stereocenters. The van der Waals surface area contributed by atoms with Crippen LogP contribution >= 0.6 is 0 Å². The molecule has 0 amide bonds. The van der Waals surface area contributed by atoms with E-state index in [9.17, 15) is 4.79 Å². The Balaban J connectivity index is 2.20. The van der Waals surface area contributed by atoms with Gasteiger partial charge in [0.2, 0.25) is 0 Å². The van der Waals surface area contributed by atoms with Gasteiger partial charge >= 0.3 is 5.97 Å². The number of esters is 1. The van der Waals surface area contributed by atoms with Gasteiger partial charge in [0, 0.05) is 6.08 Å². The molecule has 0 bridgehead atoms. The van der Waals surface area contributed by atoms with Crippen LogP contribution in [0, 0.1) is 0 Å². The first-order chi connectivity index (χ1) is 11.3. The van der Waals surface area contributed by atoms with E-state index in [2.05, 4.69) is 49.8 Å². The molecule has 0 saturated carbocycles. The zero-order valence-electron chi connectivity index (χ0n) is 15.5. The third kappa shape index (κ3) is 4.47. The standard InChI is InChI=1S/C22H28O2/c1-16(14-21(23)24-5)8-6-9-17(2)19-12-11-18-10-7-13-22(3,4)20(18)15-19/h6,8-9,11-12,14-15H,7,10,13H2,1-5H3/b8-6+,16-14+,17-9+. The van der Waals surface area contributed by atoms with E-state index in [1.54, 1.807) is 0 Å². The van der Waals surface area contributed by atoms with Crippen LogP contribution in [0.3, 0.4) is 0 Å². The average Bonchev–Trinajstić information content (AvgIpc) is 2.54. The molecule has 0 heterocycles. The van der Waals surface area contributed by atoms with Crippen LogP contribution in [0.1, 0.15) is 57.2 Å². The van der Waals surface area contributed by atoms with Crippen LogP contribution in [0.4, 0.5) is 0 Å². The molecule has 0 fully saturated rings. The van der Waals surface area contributed by atoms with E-state index in [-0.39, 0.29) is 11.4 Å². The zero-order chi connectivity index (χ0) is 17.7. The second-order valence-electron chi connectivity index (χ2n) is 7.23. The maximum Gasteiger partial charge on any atom is 0.330 e. The molecule has 0 unspecified atom stereocenters. The fourth-order valence-electron chi connectivity index (χ4n) is 3.26. The molecular weight excluding hydrogens is 296 g/mol. The maximum absolute atomic E-state index is 11.2. The van der Waals surface area contributed by atoms with Gasteiger partial charge in [-0.15, -0.1) is 0 Å². The van der Waals surface area contributed by atoms with Gasteiger partial charge in [0.05, 0.1) is 7.11 Å². The summed E-state index contributed by atoms with van der Waals surface area (Å²) in [5.74, 6) is -0.324. The summed E-state index contributed by atoms with van der Waals surface area (Å²) in [6, 6.07) is 6.86. The van der Waals surface area contributed by atoms with Crippen molar-refractivity contribution >= 4 is 11.5 Å². The van der Waals surface area contributed by atoms with E-state index in [0.29, 0.717) is 0 Å². The predicted molar refractivity (Wildman–Crippen MR) is 101 cm³/mol. The summed E-state index contributed by atoms with van der Waals surface area (Å²) in [5.41, 5.74) is 6.61. The van der Waals surface area contributed by atoms with Crippen LogP contribution in [0.25, 0.3) is 5.57 Å².